The Morgan fingerprint density at radius 1 is 0.500 bits per heavy atom. The molecule has 0 heterocycles. The third-order valence-electron chi connectivity index (χ3n) is 4.18. The van der Waals surface area contributed by atoms with Crippen LogP contribution in [-0.4, -0.2) is 69.9 Å². The smallest absolute Gasteiger partial charge is 0.0780 e. The number of unbranched alkanes of at least 4 members (excludes halogenated alkanes) is 13. The molecule has 0 aromatic heterocycles. The van der Waals surface area contributed by atoms with Gasteiger partial charge in [-0.25, -0.2) is 0 Å². The number of quaternary nitrogens is 1. The van der Waals surface area contributed by atoms with Crippen molar-refractivity contribution in [1.82, 2.24) is 0 Å². The number of rotatable bonds is 15. The molecule has 0 N–H and O–H groups in total. The summed E-state index contributed by atoms with van der Waals surface area (Å²) < 4.78 is 1.12. The second kappa shape index (κ2) is 20.6. The van der Waals surface area contributed by atoms with Gasteiger partial charge in [-0.2, -0.15) is 0 Å². The molecule has 0 unspecified atom stereocenters. The van der Waals surface area contributed by atoms with Crippen molar-refractivity contribution >= 4 is 37.7 Å². The Labute approximate surface area is 178 Å². The van der Waals surface area contributed by atoms with Gasteiger partial charge >= 0.3 is 0 Å². The van der Waals surface area contributed by atoms with Crippen LogP contribution in [0.15, 0.2) is 0 Å². The summed E-state index contributed by atoms with van der Waals surface area (Å²) in [7, 11) is 6.88. The van der Waals surface area contributed by atoms with Crippen molar-refractivity contribution in [2.45, 2.75) is 96.8 Å². The monoisotopic (exact) mass is 359 g/mol. The Morgan fingerprint density at radius 2 is 0.773 bits per heavy atom. The molecule has 0 bridgehead atoms. The molecule has 0 aliphatic carbocycles. The van der Waals surface area contributed by atoms with Crippen LogP contribution in [0, 0.1) is 0 Å². The molecule has 0 aromatic carbocycles. The average molecular weight is 360 g/mol. The van der Waals surface area contributed by atoms with E-state index >= 15 is 0 Å². The largest absolute Gasteiger partial charge is 1.00 e. The number of hydrogen-bond acceptors (Lipinski definition) is 0. The van der Waals surface area contributed by atoms with E-state index in [1.807, 2.05) is 0 Å². The molecule has 0 saturated heterocycles. The molecule has 132 valence electrons. The molecular weight excluding hydrogens is 318 g/mol. The standard InChI is InChI=1S/C19H42N.Ca.ClH/c1-5-6-7-8-9-10-11-12-13-14-15-16-17-18-19-20(2,3)4;;/h5-19H2,1-4H3;;1H/q+1;;/p-1. The minimum atomic E-state index is 0. The van der Waals surface area contributed by atoms with Crippen LogP contribution in [-0.2, 0) is 0 Å². The van der Waals surface area contributed by atoms with Crippen LogP contribution in [0.3, 0.4) is 0 Å². The number of nitrogens with zero attached hydrogens (tertiary/aromatic N) is 1. The molecule has 0 spiro atoms. The quantitative estimate of drug-likeness (QED) is 0.239. The van der Waals surface area contributed by atoms with Crippen molar-refractivity contribution in [3.8, 4) is 0 Å². The van der Waals surface area contributed by atoms with Crippen molar-refractivity contribution < 1.29 is 16.9 Å². The van der Waals surface area contributed by atoms with Gasteiger partial charge in [0, 0.05) is 37.7 Å². The van der Waals surface area contributed by atoms with Gasteiger partial charge in [0.15, 0.2) is 0 Å². The topological polar surface area (TPSA) is 0 Å². The predicted molar refractivity (Wildman–Crippen MR) is 99.0 cm³/mol. The molecule has 0 aliphatic heterocycles. The summed E-state index contributed by atoms with van der Waals surface area (Å²) in [5.74, 6) is 0. The van der Waals surface area contributed by atoms with E-state index in [-0.39, 0.29) is 50.1 Å². The minimum absolute atomic E-state index is 0. The molecule has 0 aliphatic rings. The average Bonchev–Trinajstić information content (AvgIpc) is 2.38. The Hall–Kier alpha value is 1.51. The third-order valence-corrected chi connectivity index (χ3v) is 4.18. The first kappa shape index (κ1) is 28.3. The summed E-state index contributed by atoms with van der Waals surface area (Å²) in [5.41, 5.74) is 0. The van der Waals surface area contributed by atoms with Crippen LogP contribution < -0.4 is 12.4 Å². The van der Waals surface area contributed by atoms with Gasteiger partial charge in [0.25, 0.3) is 0 Å². The van der Waals surface area contributed by atoms with Gasteiger partial charge in [0.05, 0.1) is 27.7 Å². The van der Waals surface area contributed by atoms with Gasteiger partial charge in [0.2, 0.25) is 0 Å². The normalized spacial score (nSPS) is 10.9. The van der Waals surface area contributed by atoms with E-state index in [2.05, 4.69) is 28.1 Å². The fraction of sp³-hybridized carbons (Fsp3) is 1.00. The van der Waals surface area contributed by atoms with Crippen molar-refractivity contribution in [3.05, 3.63) is 0 Å². The van der Waals surface area contributed by atoms with Crippen LogP contribution in [0.4, 0.5) is 0 Å². The molecule has 1 nitrogen and oxygen atoms in total. The molecule has 2 radical (unpaired) electrons. The van der Waals surface area contributed by atoms with Crippen molar-refractivity contribution in [2.75, 3.05) is 27.7 Å². The molecule has 3 heteroatoms. The van der Waals surface area contributed by atoms with Gasteiger partial charge in [-0.15, -0.1) is 0 Å². The molecule has 0 fully saturated rings. The second-order valence-corrected chi connectivity index (χ2v) is 7.61. The van der Waals surface area contributed by atoms with Crippen LogP contribution in [0.1, 0.15) is 96.8 Å². The fourth-order valence-electron chi connectivity index (χ4n) is 2.78. The van der Waals surface area contributed by atoms with Crippen LogP contribution in [0.25, 0.3) is 0 Å². The predicted octanol–water partition coefficient (Wildman–Crippen LogP) is 2.80. The van der Waals surface area contributed by atoms with Gasteiger partial charge in [0.1, 0.15) is 0 Å². The van der Waals surface area contributed by atoms with Crippen molar-refractivity contribution in [3.63, 3.8) is 0 Å². The SMILES string of the molecule is CCCCCCCCCCCCCCCC[N+](C)(C)C.[Ca].[Cl-]. The summed E-state index contributed by atoms with van der Waals surface area (Å²) in [5, 5.41) is 0. The summed E-state index contributed by atoms with van der Waals surface area (Å²) in [6.45, 7) is 3.63. The first-order valence-electron chi connectivity index (χ1n) is 9.36. The first-order chi connectivity index (χ1) is 9.56. The maximum Gasteiger partial charge on any atom is 0.0780 e. The fourth-order valence-corrected chi connectivity index (χ4v) is 2.78. The van der Waals surface area contributed by atoms with Crippen LogP contribution in [0.5, 0.6) is 0 Å². The Kier molecular flexibility index (Phi) is 26.5. The molecule has 0 atom stereocenters. The summed E-state index contributed by atoms with van der Waals surface area (Å²) in [4.78, 5) is 0. The molecule has 0 saturated carbocycles. The molecule has 0 amide bonds. The van der Waals surface area contributed by atoms with Gasteiger partial charge in [-0.1, -0.05) is 84.0 Å². The van der Waals surface area contributed by atoms with E-state index < -0.39 is 0 Å². The van der Waals surface area contributed by atoms with E-state index in [9.17, 15) is 0 Å². The minimum Gasteiger partial charge on any atom is -1.00 e. The molecular formula is C19H42CaClN. The van der Waals surface area contributed by atoms with Gasteiger partial charge in [-0.05, 0) is 12.8 Å². The van der Waals surface area contributed by atoms with Crippen LogP contribution >= 0.6 is 0 Å². The Bertz CT molecular complexity index is 192. The zero-order chi connectivity index (χ0) is 15.1. The molecule has 22 heavy (non-hydrogen) atoms. The summed E-state index contributed by atoms with van der Waals surface area (Å²) in [6, 6.07) is 0. The zero-order valence-electron chi connectivity index (χ0n) is 16.1. The van der Waals surface area contributed by atoms with E-state index in [0.717, 1.165) is 4.48 Å². The van der Waals surface area contributed by atoms with Crippen LogP contribution in [0.2, 0.25) is 0 Å². The van der Waals surface area contributed by atoms with E-state index in [1.165, 1.54) is 96.4 Å². The van der Waals surface area contributed by atoms with Crippen molar-refractivity contribution in [1.29, 1.82) is 0 Å². The van der Waals surface area contributed by atoms with E-state index in [0.29, 0.717) is 0 Å². The first-order valence-corrected chi connectivity index (χ1v) is 9.36. The molecule has 0 aromatic rings. The zero-order valence-corrected chi connectivity index (χ0v) is 19.1. The number of hydrogen-bond donors (Lipinski definition) is 0. The van der Waals surface area contributed by atoms with E-state index in [4.69, 9.17) is 0 Å². The van der Waals surface area contributed by atoms with Gasteiger partial charge in [-0.3, -0.25) is 0 Å². The van der Waals surface area contributed by atoms with E-state index in [1.54, 1.807) is 0 Å². The summed E-state index contributed by atoms with van der Waals surface area (Å²) >= 11 is 0. The van der Waals surface area contributed by atoms with Crippen molar-refractivity contribution in [2.24, 2.45) is 0 Å². The Morgan fingerprint density at radius 3 is 1.05 bits per heavy atom. The molecule has 0 rings (SSSR count). The maximum atomic E-state index is 2.29. The van der Waals surface area contributed by atoms with Gasteiger partial charge < -0.3 is 16.9 Å². The maximum absolute atomic E-state index is 2.29. The Balaban J connectivity index is -0.00000180. The third kappa shape index (κ3) is 26.4. The number of halogens is 1. The second-order valence-electron chi connectivity index (χ2n) is 7.61. The summed E-state index contributed by atoms with van der Waals surface area (Å²) in [6.07, 6.45) is 20.4.